The van der Waals surface area contributed by atoms with Crippen LogP contribution in [0.15, 0.2) is 24.3 Å². The molecule has 3 heteroatoms. The number of nitrogens with zero attached hydrogens (tertiary/aromatic N) is 1. The van der Waals surface area contributed by atoms with Crippen LogP contribution in [0.5, 0.6) is 0 Å². The first-order valence-electron chi connectivity index (χ1n) is 4.63. The standard InChI is InChI=1S/C11H14ClNO/c1-3-13(9(2)14)8-10-4-6-11(12)7-5-10/h4-7H,3,8H2,1-2H3. The Labute approximate surface area is 89.5 Å². The molecular weight excluding hydrogens is 198 g/mol. The first-order chi connectivity index (χ1) is 6.63. The summed E-state index contributed by atoms with van der Waals surface area (Å²) in [6.45, 7) is 4.94. The fourth-order valence-corrected chi connectivity index (χ4v) is 1.38. The van der Waals surface area contributed by atoms with E-state index in [0.29, 0.717) is 6.54 Å². The second kappa shape index (κ2) is 5.01. The summed E-state index contributed by atoms with van der Waals surface area (Å²) < 4.78 is 0. The highest BCUT2D eigenvalue weighted by Crippen LogP contribution is 2.11. The van der Waals surface area contributed by atoms with Crippen molar-refractivity contribution in [3.8, 4) is 0 Å². The molecular formula is C11H14ClNO. The zero-order valence-electron chi connectivity index (χ0n) is 8.46. The highest BCUT2D eigenvalue weighted by Gasteiger charge is 2.05. The molecule has 0 atom stereocenters. The number of amides is 1. The van der Waals surface area contributed by atoms with Gasteiger partial charge in [0.25, 0.3) is 0 Å². The number of benzene rings is 1. The van der Waals surface area contributed by atoms with Gasteiger partial charge in [-0.15, -0.1) is 0 Å². The summed E-state index contributed by atoms with van der Waals surface area (Å²) in [6, 6.07) is 7.55. The smallest absolute Gasteiger partial charge is 0.219 e. The topological polar surface area (TPSA) is 20.3 Å². The van der Waals surface area contributed by atoms with E-state index >= 15 is 0 Å². The van der Waals surface area contributed by atoms with Gasteiger partial charge in [0.2, 0.25) is 5.91 Å². The summed E-state index contributed by atoms with van der Waals surface area (Å²) in [4.78, 5) is 12.9. The molecule has 76 valence electrons. The third-order valence-electron chi connectivity index (χ3n) is 2.11. The zero-order valence-corrected chi connectivity index (χ0v) is 9.21. The monoisotopic (exact) mass is 211 g/mol. The minimum atomic E-state index is 0.0995. The van der Waals surface area contributed by atoms with Gasteiger partial charge in [-0.3, -0.25) is 4.79 Å². The Morgan fingerprint density at radius 3 is 2.36 bits per heavy atom. The van der Waals surface area contributed by atoms with E-state index in [9.17, 15) is 4.79 Å². The highest BCUT2D eigenvalue weighted by molar-refractivity contribution is 6.30. The summed E-state index contributed by atoms with van der Waals surface area (Å²) >= 11 is 5.76. The van der Waals surface area contributed by atoms with Gasteiger partial charge in [-0.2, -0.15) is 0 Å². The fraction of sp³-hybridized carbons (Fsp3) is 0.364. The van der Waals surface area contributed by atoms with Crippen LogP contribution in [0.3, 0.4) is 0 Å². The van der Waals surface area contributed by atoms with E-state index in [4.69, 9.17) is 11.6 Å². The highest BCUT2D eigenvalue weighted by atomic mass is 35.5. The van der Waals surface area contributed by atoms with Gasteiger partial charge in [0.05, 0.1) is 0 Å². The molecule has 0 bridgehead atoms. The van der Waals surface area contributed by atoms with E-state index in [1.54, 1.807) is 11.8 Å². The predicted octanol–water partition coefficient (Wildman–Crippen LogP) is 2.71. The Morgan fingerprint density at radius 2 is 1.93 bits per heavy atom. The Kier molecular flexibility index (Phi) is 3.96. The van der Waals surface area contributed by atoms with E-state index in [1.165, 1.54) is 0 Å². The third kappa shape index (κ3) is 3.04. The minimum Gasteiger partial charge on any atom is -0.339 e. The van der Waals surface area contributed by atoms with Gasteiger partial charge in [-0.1, -0.05) is 23.7 Å². The SMILES string of the molecule is CCN(Cc1ccc(Cl)cc1)C(C)=O. The molecule has 0 heterocycles. The van der Waals surface area contributed by atoms with E-state index in [0.717, 1.165) is 17.1 Å². The van der Waals surface area contributed by atoms with Crippen LogP contribution in [0.25, 0.3) is 0 Å². The van der Waals surface area contributed by atoms with Crippen LogP contribution in [0.1, 0.15) is 19.4 Å². The second-order valence-electron chi connectivity index (χ2n) is 3.16. The van der Waals surface area contributed by atoms with Crippen LogP contribution < -0.4 is 0 Å². The average Bonchev–Trinajstić information content (AvgIpc) is 2.16. The molecule has 1 aromatic rings. The van der Waals surface area contributed by atoms with Crippen molar-refractivity contribution in [1.82, 2.24) is 4.90 Å². The van der Waals surface area contributed by atoms with Gasteiger partial charge in [0, 0.05) is 25.0 Å². The zero-order chi connectivity index (χ0) is 10.6. The lowest BCUT2D eigenvalue weighted by atomic mass is 10.2. The lowest BCUT2D eigenvalue weighted by Crippen LogP contribution is -2.27. The van der Waals surface area contributed by atoms with Crippen molar-refractivity contribution in [2.45, 2.75) is 20.4 Å². The summed E-state index contributed by atoms with van der Waals surface area (Å²) in [5, 5.41) is 0.722. The molecule has 14 heavy (non-hydrogen) atoms. The van der Waals surface area contributed by atoms with Crippen LogP contribution >= 0.6 is 11.6 Å². The van der Waals surface area contributed by atoms with Crippen molar-refractivity contribution >= 4 is 17.5 Å². The molecule has 0 N–H and O–H groups in total. The van der Waals surface area contributed by atoms with Gasteiger partial charge >= 0.3 is 0 Å². The quantitative estimate of drug-likeness (QED) is 0.753. The molecule has 1 amide bonds. The van der Waals surface area contributed by atoms with Crippen LogP contribution in [0, 0.1) is 0 Å². The molecule has 0 aliphatic rings. The Bertz CT molecular complexity index is 308. The Hall–Kier alpha value is -1.02. The van der Waals surface area contributed by atoms with Crippen molar-refractivity contribution in [3.05, 3.63) is 34.9 Å². The normalized spacial score (nSPS) is 9.93. The van der Waals surface area contributed by atoms with Crippen molar-refractivity contribution < 1.29 is 4.79 Å². The Balaban J connectivity index is 2.67. The molecule has 1 rings (SSSR count). The van der Waals surface area contributed by atoms with Gasteiger partial charge < -0.3 is 4.90 Å². The number of hydrogen-bond donors (Lipinski definition) is 0. The maximum atomic E-state index is 11.1. The number of carbonyl (C=O) groups excluding carboxylic acids is 1. The molecule has 0 aliphatic carbocycles. The maximum Gasteiger partial charge on any atom is 0.219 e. The summed E-state index contributed by atoms with van der Waals surface area (Å²) in [5.41, 5.74) is 1.10. The van der Waals surface area contributed by atoms with Gasteiger partial charge in [-0.25, -0.2) is 0 Å². The molecule has 2 nitrogen and oxygen atoms in total. The van der Waals surface area contributed by atoms with E-state index < -0.39 is 0 Å². The Morgan fingerprint density at radius 1 is 1.36 bits per heavy atom. The number of hydrogen-bond acceptors (Lipinski definition) is 1. The van der Waals surface area contributed by atoms with Crippen molar-refractivity contribution in [3.63, 3.8) is 0 Å². The molecule has 0 radical (unpaired) electrons. The first kappa shape index (κ1) is 11.1. The maximum absolute atomic E-state index is 11.1. The molecule has 0 unspecified atom stereocenters. The number of carbonyl (C=O) groups is 1. The van der Waals surface area contributed by atoms with Crippen LogP contribution in [0.2, 0.25) is 5.02 Å². The largest absolute Gasteiger partial charge is 0.339 e. The summed E-state index contributed by atoms with van der Waals surface area (Å²) in [6.07, 6.45) is 0. The second-order valence-corrected chi connectivity index (χ2v) is 3.60. The third-order valence-corrected chi connectivity index (χ3v) is 2.37. The van der Waals surface area contributed by atoms with E-state index in [2.05, 4.69) is 0 Å². The van der Waals surface area contributed by atoms with Crippen molar-refractivity contribution in [2.24, 2.45) is 0 Å². The molecule has 0 spiro atoms. The lowest BCUT2D eigenvalue weighted by molar-refractivity contribution is -0.129. The summed E-state index contributed by atoms with van der Waals surface area (Å²) in [7, 11) is 0. The molecule has 0 saturated carbocycles. The first-order valence-corrected chi connectivity index (χ1v) is 5.01. The van der Waals surface area contributed by atoms with Crippen LogP contribution in [-0.2, 0) is 11.3 Å². The number of halogens is 1. The van der Waals surface area contributed by atoms with E-state index in [1.807, 2.05) is 31.2 Å². The fourth-order valence-electron chi connectivity index (χ4n) is 1.26. The van der Waals surface area contributed by atoms with Crippen LogP contribution in [-0.4, -0.2) is 17.4 Å². The van der Waals surface area contributed by atoms with Gasteiger partial charge in [-0.05, 0) is 24.6 Å². The lowest BCUT2D eigenvalue weighted by Gasteiger charge is -2.18. The molecule has 0 aliphatic heterocycles. The molecule has 0 aromatic heterocycles. The van der Waals surface area contributed by atoms with Crippen molar-refractivity contribution in [2.75, 3.05) is 6.54 Å². The van der Waals surface area contributed by atoms with Crippen LogP contribution in [0.4, 0.5) is 0 Å². The summed E-state index contributed by atoms with van der Waals surface area (Å²) in [5.74, 6) is 0.0995. The van der Waals surface area contributed by atoms with Gasteiger partial charge in [0.15, 0.2) is 0 Å². The predicted molar refractivity (Wildman–Crippen MR) is 58.2 cm³/mol. The molecule has 1 aromatic carbocycles. The number of rotatable bonds is 3. The molecule has 0 fully saturated rings. The average molecular weight is 212 g/mol. The minimum absolute atomic E-state index is 0.0995. The molecule has 0 saturated heterocycles. The van der Waals surface area contributed by atoms with Crippen molar-refractivity contribution in [1.29, 1.82) is 0 Å². The van der Waals surface area contributed by atoms with E-state index in [-0.39, 0.29) is 5.91 Å². The van der Waals surface area contributed by atoms with Gasteiger partial charge in [0.1, 0.15) is 0 Å².